The molecule has 0 saturated carbocycles. The summed E-state index contributed by atoms with van der Waals surface area (Å²) in [5, 5.41) is 11.9. The first-order valence-corrected chi connectivity index (χ1v) is 10.2. The molecule has 0 aliphatic carbocycles. The second-order valence-corrected chi connectivity index (χ2v) is 7.70. The second-order valence-electron chi connectivity index (χ2n) is 6.75. The fourth-order valence-corrected chi connectivity index (χ4v) is 3.97. The Morgan fingerprint density at radius 1 is 1.19 bits per heavy atom. The Balaban J connectivity index is 1.33. The molecule has 3 aromatic heterocycles. The molecular formula is C20H23N5OS. The van der Waals surface area contributed by atoms with Gasteiger partial charge in [-0.15, -0.1) is 11.3 Å². The summed E-state index contributed by atoms with van der Waals surface area (Å²) in [6.07, 6.45) is 6.93. The molecule has 1 amide bonds. The van der Waals surface area contributed by atoms with Crippen LogP contribution in [-0.2, 0) is 6.54 Å². The van der Waals surface area contributed by atoms with E-state index in [1.54, 1.807) is 17.4 Å². The van der Waals surface area contributed by atoms with Crippen molar-refractivity contribution in [3.05, 3.63) is 53.2 Å². The van der Waals surface area contributed by atoms with Crippen LogP contribution < -0.4 is 10.2 Å². The Bertz CT molecular complexity index is 864. The number of nitrogens with zero attached hydrogens (tertiary/aromatic N) is 3. The highest BCUT2D eigenvalue weighted by Gasteiger charge is 2.13. The van der Waals surface area contributed by atoms with Crippen molar-refractivity contribution in [3.63, 3.8) is 0 Å². The highest BCUT2D eigenvalue weighted by molar-refractivity contribution is 7.13. The molecular weight excluding hydrogens is 358 g/mol. The van der Waals surface area contributed by atoms with E-state index in [0.717, 1.165) is 35.0 Å². The average molecular weight is 382 g/mol. The number of anilines is 1. The molecule has 1 aliphatic heterocycles. The van der Waals surface area contributed by atoms with Gasteiger partial charge in [0.15, 0.2) is 5.69 Å². The minimum absolute atomic E-state index is 0.189. The van der Waals surface area contributed by atoms with E-state index in [-0.39, 0.29) is 5.91 Å². The Kier molecular flexibility index (Phi) is 5.48. The number of H-pyrrole nitrogens is 1. The van der Waals surface area contributed by atoms with Crippen molar-refractivity contribution >= 4 is 23.1 Å². The van der Waals surface area contributed by atoms with E-state index in [9.17, 15) is 4.79 Å². The third-order valence-corrected chi connectivity index (χ3v) is 5.69. The number of carbonyl (C=O) groups is 1. The van der Waals surface area contributed by atoms with Gasteiger partial charge >= 0.3 is 0 Å². The molecule has 140 valence electrons. The molecule has 2 N–H and O–H groups in total. The first-order chi connectivity index (χ1) is 13.3. The van der Waals surface area contributed by atoms with Crippen molar-refractivity contribution in [1.29, 1.82) is 0 Å². The smallest absolute Gasteiger partial charge is 0.272 e. The minimum Gasteiger partial charge on any atom is -0.357 e. The molecule has 4 heterocycles. The van der Waals surface area contributed by atoms with Crippen LogP contribution in [0.4, 0.5) is 5.82 Å². The van der Waals surface area contributed by atoms with E-state index in [0.29, 0.717) is 12.2 Å². The predicted molar refractivity (Wildman–Crippen MR) is 108 cm³/mol. The largest absolute Gasteiger partial charge is 0.357 e. The van der Waals surface area contributed by atoms with Crippen molar-refractivity contribution in [3.8, 4) is 10.6 Å². The van der Waals surface area contributed by atoms with Crippen LogP contribution >= 0.6 is 11.3 Å². The van der Waals surface area contributed by atoms with Gasteiger partial charge in [-0.1, -0.05) is 25.0 Å². The molecule has 0 aromatic carbocycles. The first kappa shape index (κ1) is 17.7. The fourth-order valence-electron chi connectivity index (χ4n) is 3.28. The van der Waals surface area contributed by atoms with Gasteiger partial charge in [0.05, 0.1) is 10.6 Å². The van der Waals surface area contributed by atoms with E-state index in [2.05, 4.69) is 31.5 Å². The molecule has 0 radical (unpaired) electrons. The molecule has 0 spiro atoms. The van der Waals surface area contributed by atoms with Crippen LogP contribution in [0.25, 0.3) is 10.6 Å². The Morgan fingerprint density at radius 2 is 2.04 bits per heavy atom. The first-order valence-electron chi connectivity index (χ1n) is 9.37. The number of aromatic nitrogens is 3. The number of aromatic amines is 1. The topological polar surface area (TPSA) is 73.9 Å². The number of pyridine rings is 1. The summed E-state index contributed by atoms with van der Waals surface area (Å²) in [6, 6.07) is 9.84. The van der Waals surface area contributed by atoms with Gasteiger partial charge in [-0.25, -0.2) is 4.98 Å². The molecule has 1 saturated heterocycles. The third-order valence-electron chi connectivity index (χ3n) is 4.79. The van der Waals surface area contributed by atoms with Crippen LogP contribution in [-0.4, -0.2) is 34.2 Å². The Morgan fingerprint density at radius 3 is 2.74 bits per heavy atom. The molecule has 1 aliphatic rings. The second kappa shape index (κ2) is 8.35. The predicted octanol–water partition coefficient (Wildman–Crippen LogP) is 3.84. The van der Waals surface area contributed by atoms with E-state index >= 15 is 0 Å². The third kappa shape index (κ3) is 4.36. The van der Waals surface area contributed by atoms with E-state index in [1.165, 1.54) is 25.7 Å². The lowest BCUT2D eigenvalue weighted by atomic mass is 10.2. The summed E-state index contributed by atoms with van der Waals surface area (Å²) in [5.41, 5.74) is 2.24. The van der Waals surface area contributed by atoms with Gasteiger partial charge in [0.25, 0.3) is 5.91 Å². The summed E-state index contributed by atoms with van der Waals surface area (Å²) in [7, 11) is 0. The number of amides is 1. The molecule has 1 fully saturated rings. The molecule has 0 unspecified atom stereocenters. The Labute approximate surface area is 162 Å². The molecule has 3 aromatic rings. The van der Waals surface area contributed by atoms with Gasteiger partial charge in [-0.05, 0) is 42.0 Å². The zero-order valence-electron chi connectivity index (χ0n) is 15.1. The maximum absolute atomic E-state index is 12.3. The van der Waals surface area contributed by atoms with Crippen molar-refractivity contribution in [2.45, 2.75) is 32.2 Å². The van der Waals surface area contributed by atoms with Crippen molar-refractivity contribution < 1.29 is 4.79 Å². The van der Waals surface area contributed by atoms with Crippen LogP contribution in [0.15, 0.2) is 41.9 Å². The molecule has 0 bridgehead atoms. The van der Waals surface area contributed by atoms with Gasteiger partial charge in [-0.2, -0.15) is 5.10 Å². The van der Waals surface area contributed by atoms with Crippen LogP contribution in [0.5, 0.6) is 0 Å². The van der Waals surface area contributed by atoms with Crippen molar-refractivity contribution in [2.24, 2.45) is 0 Å². The summed E-state index contributed by atoms with van der Waals surface area (Å²) < 4.78 is 0. The van der Waals surface area contributed by atoms with E-state index in [4.69, 9.17) is 0 Å². The normalized spacial score (nSPS) is 14.7. The number of thiophene rings is 1. The van der Waals surface area contributed by atoms with Crippen LogP contribution in [0.3, 0.4) is 0 Å². The van der Waals surface area contributed by atoms with E-state index < -0.39 is 0 Å². The quantitative estimate of drug-likeness (QED) is 0.704. The van der Waals surface area contributed by atoms with Gasteiger partial charge < -0.3 is 10.2 Å². The monoisotopic (exact) mass is 381 g/mol. The Hall–Kier alpha value is -2.67. The number of rotatable bonds is 5. The van der Waals surface area contributed by atoms with Crippen molar-refractivity contribution in [1.82, 2.24) is 20.5 Å². The molecule has 4 rings (SSSR count). The molecule has 27 heavy (non-hydrogen) atoms. The number of carbonyl (C=O) groups excluding carboxylic acids is 1. The number of nitrogens with one attached hydrogen (secondary N) is 2. The van der Waals surface area contributed by atoms with Crippen LogP contribution in [0, 0.1) is 0 Å². The lowest BCUT2D eigenvalue weighted by Crippen LogP contribution is -2.25. The molecule has 0 atom stereocenters. The van der Waals surface area contributed by atoms with E-state index in [1.807, 2.05) is 29.8 Å². The average Bonchev–Trinajstić information content (AvgIpc) is 3.33. The SMILES string of the molecule is O=C(NCc1ccc(N2CCCCCC2)nc1)c1cc(-c2cccs2)[nH]n1. The summed E-state index contributed by atoms with van der Waals surface area (Å²) in [6.45, 7) is 2.59. The number of hydrogen-bond acceptors (Lipinski definition) is 5. The molecule has 7 heteroatoms. The highest BCUT2D eigenvalue weighted by atomic mass is 32.1. The molecule has 6 nitrogen and oxygen atoms in total. The lowest BCUT2D eigenvalue weighted by molar-refractivity contribution is 0.0946. The maximum atomic E-state index is 12.3. The zero-order valence-corrected chi connectivity index (χ0v) is 16.0. The van der Waals surface area contributed by atoms with Gasteiger partial charge in [0.1, 0.15) is 5.82 Å². The number of hydrogen-bond donors (Lipinski definition) is 2. The zero-order chi connectivity index (χ0) is 18.5. The van der Waals surface area contributed by atoms with Gasteiger partial charge in [-0.3, -0.25) is 9.89 Å². The van der Waals surface area contributed by atoms with Crippen molar-refractivity contribution in [2.75, 3.05) is 18.0 Å². The summed E-state index contributed by atoms with van der Waals surface area (Å²) in [4.78, 5) is 20.3. The van der Waals surface area contributed by atoms with Crippen LogP contribution in [0.1, 0.15) is 41.7 Å². The summed E-state index contributed by atoms with van der Waals surface area (Å²) in [5.74, 6) is 0.838. The fraction of sp³-hybridized carbons (Fsp3) is 0.350. The van der Waals surface area contributed by atoms with Crippen LogP contribution in [0.2, 0.25) is 0 Å². The highest BCUT2D eigenvalue weighted by Crippen LogP contribution is 2.23. The lowest BCUT2D eigenvalue weighted by Gasteiger charge is -2.21. The van der Waals surface area contributed by atoms with Gasteiger partial charge in [0.2, 0.25) is 0 Å². The standard InChI is InChI=1S/C20H23N5OS/c26-20(17-12-16(23-24-17)18-6-5-11-27-18)22-14-15-7-8-19(21-13-15)25-9-3-1-2-4-10-25/h5-8,11-13H,1-4,9-10,14H2,(H,22,26)(H,23,24). The summed E-state index contributed by atoms with van der Waals surface area (Å²) >= 11 is 1.61. The van der Waals surface area contributed by atoms with Gasteiger partial charge in [0, 0.05) is 25.8 Å². The minimum atomic E-state index is -0.189. The maximum Gasteiger partial charge on any atom is 0.272 e.